The van der Waals surface area contributed by atoms with Gasteiger partial charge in [-0.25, -0.2) is 0 Å². The molecule has 0 N–H and O–H groups in total. The summed E-state index contributed by atoms with van der Waals surface area (Å²) >= 11 is 9.89. The van der Waals surface area contributed by atoms with Crippen molar-refractivity contribution in [2.24, 2.45) is 5.92 Å². The lowest BCUT2D eigenvalue weighted by atomic mass is 9.97. The highest BCUT2D eigenvalue weighted by atomic mass is 79.9. The van der Waals surface area contributed by atoms with Crippen LogP contribution in [0.5, 0.6) is 0 Å². The number of hydrogen-bond acceptors (Lipinski definition) is 0. The molecule has 0 aliphatic rings. The highest BCUT2D eigenvalue weighted by Gasteiger charge is 2.14. The first-order chi connectivity index (χ1) is 7.15. The van der Waals surface area contributed by atoms with Gasteiger partial charge in [-0.1, -0.05) is 66.0 Å². The van der Waals surface area contributed by atoms with Gasteiger partial charge < -0.3 is 0 Å². The third kappa shape index (κ3) is 4.16. The molecule has 0 saturated carbocycles. The standard InChI is InChI=1S/C13H18BrCl/c1-3-6-10(2)12(14)9-11-7-4-5-8-13(11)15/h4-5,7-8,10,12H,3,6,9H2,1-2H3. The molecule has 0 aromatic heterocycles. The summed E-state index contributed by atoms with van der Waals surface area (Å²) in [6, 6.07) is 8.09. The van der Waals surface area contributed by atoms with Crippen LogP contribution in [0.4, 0.5) is 0 Å². The van der Waals surface area contributed by atoms with Crippen molar-refractivity contribution in [3.63, 3.8) is 0 Å². The van der Waals surface area contributed by atoms with Gasteiger partial charge in [-0.3, -0.25) is 0 Å². The van der Waals surface area contributed by atoms with Gasteiger partial charge in [0, 0.05) is 9.85 Å². The molecular formula is C13H18BrCl. The van der Waals surface area contributed by atoms with E-state index in [1.807, 2.05) is 18.2 Å². The van der Waals surface area contributed by atoms with Crippen LogP contribution in [0.3, 0.4) is 0 Å². The van der Waals surface area contributed by atoms with Gasteiger partial charge in [0.25, 0.3) is 0 Å². The molecule has 2 heteroatoms. The molecule has 2 atom stereocenters. The van der Waals surface area contributed by atoms with E-state index in [9.17, 15) is 0 Å². The Morgan fingerprint density at radius 3 is 2.60 bits per heavy atom. The van der Waals surface area contributed by atoms with E-state index in [4.69, 9.17) is 11.6 Å². The third-order valence-corrected chi connectivity index (χ3v) is 4.33. The van der Waals surface area contributed by atoms with Gasteiger partial charge in [-0.2, -0.15) is 0 Å². The molecule has 1 aromatic carbocycles. The fraction of sp³-hybridized carbons (Fsp3) is 0.538. The summed E-state index contributed by atoms with van der Waals surface area (Å²) in [5.74, 6) is 0.700. The lowest BCUT2D eigenvalue weighted by molar-refractivity contribution is 0.505. The summed E-state index contributed by atoms with van der Waals surface area (Å²) in [7, 11) is 0. The van der Waals surface area contributed by atoms with E-state index < -0.39 is 0 Å². The highest BCUT2D eigenvalue weighted by molar-refractivity contribution is 9.09. The zero-order valence-corrected chi connectivity index (χ0v) is 11.7. The zero-order chi connectivity index (χ0) is 11.3. The predicted molar refractivity (Wildman–Crippen MR) is 71.9 cm³/mol. The van der Waals surface area contributed by atoms with Crippen molar-refractivity contribution < 1.29 is 0 Å². The zero-order valence-electron chi connectivity index (χ0n) is 9.34. The Kier molecular flexibility index (Phi) is 5.70. The van der Waals surface area contributed by atoms with Crippen LogP contribution in [0.25, 0.3) is 0 Å². The Bertz CT molecular complexity index is 298. The molecule has 0 saturated heterocycles. The smallest absolute Gasteiger partial charge is 0.0438 e. The monoisotopic (exact) mass is 288 g/mol. The molecule has 15 heavy (non-hydrogen) atoms. The van der Waals surface area contributed by atoms with E-state index >= 15 is 0 Å². The molecule has 1 rings (SSSR count). The second-order valence-electron chi connectivity index (χ2n) is 4.08. The van der Waals surface area contributed by atoms with Crippen molar-refractivity contribution in [3.05, 3.63) is 34.9 Å². The van der Waals surface area contributed by atoms with Crippen LogP contribution in [0, 0.1) is 5.92 Å². The largest absolute Gasteiger partial charge is 0.0884 e. The minimum absolute atomic E-state index is 0.525. The van der Waals surface area contributed by atoms with E-state index in [1.54, 1.807) is 0 Å². The second kappa shape index (κ2) is 6.55. The molecule has 1 aromatic rings. The number of benzene rings is 1. The maximum absolute atomic E-state index is 6.13. The fourth-order valence-electron chi connectivity index (χ4n) is 1.71. The number of hydrogen-bond donors (Lipinski definition) is 0. The number of rotatable bonds is 5. The molecule has 0 fully saturated rings. The first kappa shape index (κ1) is 13.1. The van der Waals surface area contributed by atoms with E-state index in [0.29, 0.717) is 10.7 Å². The molecule has 0 bridgehead atoms. The van der Waals surface area contributed by atoms with Crippen LogP contribution in [-0.2, 0) is 6.42 Å². The topological polar surface area (TPSA) is 0 Å². The molecule has 2 unspecified atom stereocenters. The van der Waals surface area contributed by atoms with Gasteiger partial charge in [-0.15, -0.1) is 0 Å². The van der Waals surface area contributed by atoms with Gasteiger partial charge in [0.15, 0.2) is 0 Å². The fourth-order valence-corrected chi connectivity index (χ4v) is 2.54. The van der Waals surface area contributed by atoms with Crippen molar-refractivity contribution in [2.75, 3.05) is 0 Å². The Balaban J connectivity index is 2.58. The Morgan fingerprint density at radius 2 is 2.00 bits per heavy atom. The Morgan fingerprint density at radius 1 is 1.33 bits per heavy atom. The van der Waals surface area contributed by atoms with Crippen LogP contribution >= 0.6 is 27.5 Å². The molecule has 0 nitrogen and oxygen atoms in total. The normalized spacial score (nSPS) is 14.9. The second-order valence-corrected chi connectivity index (χ2v) is 5.66. The van der Waals surface area contributed by atoms with Gasteiger partial charge in [0.1, 0.15) is 0 Å². The van der Waals surface area contributed by atoms with Gasteiger partial charge in [-0.05, 0) is 30.4 Å². The first-order valence-corrected chi connectivity index (χ1v) is 6.82. The average Bonchev–Trinajstić information content (AvgIpc) is 2.21. The van der Waals surface area contributed by atoms with Crippen molar-refractivity contribution in [1.29, 1.82) is 0 Å². The molecule has 0 spiro atoms. The maximum atomic E-state index is 6.13. The van der Waals surface area contributed by atoms with Crippen LogP contribution < -0.4 is 0 Å². The third-order valence-electron chi connectivity index (χ3n) is 2.73. The van der Waals surface area contributed by atoms with Crippen LogP contribution in [0.1, 0.15) is 32.3 Å². The van der Waals surface area contributed by atoms with Crippen molar-refractivity contribution >= 4 is 27.5 Å². The van der Waals surface area contributed by atoms with Crippen molar-refractivity contribution in [2.45, 2.75) is 37.9 Å². The summed E-state index contributed by atoms with van der Waals surface area (Å²) in [6.45, 7) is 4.52. The molecule has 0 aliphatic heterocycles. The average molecular weight is 290 g/mol. The Hall–Kier alpha value is -0.0100. The van der Waals surface area contributed by atoms with Crippen molar-refractivity contribution in [1.82, 2.24) is 0 Å². The summed E-state index contributed by atoms with van der Waals surface area (Å²) in [5.41, 5.74) is 1.24. The van der Waals surface area contributed by atoms with E-state index in [1.165, 1.54) is 18.4 Å². The summed E-state index contributed by atoms with van der Waals surface area (Å²) < 4.78 is 0. The molecule has 0 amide bonds. The molecule has 0 aliphatic carbocycles. The SMILES string of the molecule is CCCC(C)C(Br)Cc1ccccc1Cl. The molecule has 0 radical (unpaired) electrons. The number of alkyl halides is 1. The van der Waals surface area contributed by atoms with Gasteiger partial charge in [0.05, 0.1) is 0 Å². The van der Waals surface area contributed by atoms with Crippen LogP contribution in [0.2, 0.25) is 5.02 Å². The summed E-state index contributed by atoms with van der Waals surface area (Å²) in [5, 5.41) is 0.880. The Labute approximate surface area is 106 Å². The number of halogens is 2. The minimum atomic E-state index is 0.525. The van der Waals surface area contributed by atoms with E-state index in [2.05, 4.69) is 35.8 Å². The molecular weight excluding hydrogens is 271 g/mol. The first-order valence-electron chi connectivity index (χ1n) is 5.52. The van der Waals surface area contributed by atoms with Gasteiger partial charge >= 0.3 is 0 Å². The summed E-state index contributed by atoms with van der Waals surface area (Å²) in [4.78, 5) is 0.525. The minimum Gasteiger partial charge on any atom is -0.0884 e. The van der Waals surface area contributed by atoms with Crippen molar-refractivity contribution in [3.8, 4) is 0 Å². The molecule has 0 heterocycles. The van der Waals surface area contributed by atoms with Crippen LogP contribution in [-0.4, -0.2) is 4.83 Å². The maximum Gasteiger partial charge on any atom is 0.0438 e. The van der Waals surface area contributed by atoms with E-state index in [-0.39, 0.29) is 0 Å². The lowest BCUT2D eigenvalue weighted by Gasteiger charge is -2.18. The lowest BCUT2D eigenvalue weighted by Crippen LogP contribution is -2.13. The highest BCUT2D eigenvalue weighted by Crippen LogP contribution is 2.25. The predicted octanol–water partition coefficient (Wildman–Crippen LogP) is 5.08. The molecule has 84 valence electrons. The van der Waals surface area contributed by atoms with Gasteiger partial charge in [0.2, 0.25) is 0 Å². The quantitative estimate of drug-likeness (QED) is 0.663. The summed E-state index contributed by atoms with van der Waals surface area (Å²) in [6.07, 6.45) is 3.52. The van der Waals surface area contributed by atoms with E-state index in [0.717, 1.165) is 11.4 Å². The van der Waals surface area contributed by atoms with Crippen LogP contribution in [0.15, 0.2) is 24.3 Å².